The molecule has 2 N–H and O–H groups in total. The SMILES string of the molecule is COc1cc(N2CCC(N3CCN(C)CC3)CC2)c(-c2ccn(C)c2)cc1Nc1ncc(Br)c(Nc2ccc3nc(C4CC4)ccc3c2P(C)C)n1. The van der Waals surface area contributed by atoms with Crippen molar-refractivity contribution in [3.05, 3.63) is 71.2 Å². The van der Waals surface area contributed by atoms with Gasteiger partial charge in [-0.05, 0) is 92.3 Å². The van der Waals surface area contributed by atoms with E-state index in [1.165, 1.54) is 53.6 Å². The van der Waals surface area contributed by atoms with Gasteiger partial charge in [-0.3, -0.25) is 9.88 Å². The maximum absolute atomic E-state index is 6.04. The number of piperidine rings is 1. The van der Waals surface area contributed by atoms with Crippen LogP contribution >= 0.6 is 23.9 Å². The molecule has 0 radical (unpaired) electrons. The van der Waals surface area contributed by atoms with Crippen molar-refractivity contribution in [1.29, 1.82) is 0 Å². The fourth-order valence-electron chi connectivity index (χ4n) is 7.81. The number of nitrogens with zero attached hydrogens (tertiary/aromatic N) is 7. The molecule has 1 aliphatic carbocycles. The van der Waals surface area contributed by atoms with Crippen LogP contribution in [0.25, 0.3) is 22.0 Å². The van der Waals surface area contributed by atoms with Crippen molar-refractivity contribution in [3.63, 3.8) is 0 Å². The zero-order valence-electron chi connectivity index (χ0n) is 30.9. The van der Waals surface area contributed by atoms with E-state index in [9.17, 15) is 0 Å². The van der Waals surface area contributed by atoms with Gasteiger partial charge < -0.3 is 29.7 Å². The van der Waals surface area contributed by atoms with Crippen LogP contribution in [0.5, 0.6) is 5.75 Å². The van der Waals surface area contributed by atoms with Crippen molar-refractivity contribution in [3.8, 4) is 16.9 Å². The number of aryl methyl sites for hydroxylation is 1. The number of methoxy groups -OCH3 is 1. The van der Waals surface area contributed by atoms with Crippen molar-refractivity contribution in [2.45, 2.75) is 37.6 Å². The van der Waals surface area contributed by atoms with Crippen molar-refractivity contribution in [2.24, 2.45) is 7.05 Å². The summed E-state index contributed by atoms with van der Waals surface area (Å²) in [4.78, 5) is 22.4. The molecule has 5 heterocycles. The summed E-state index contributed by atoms with van der Waals surface area (Å²) in [6, 6.07) is 16.0. The maximum atomic E-state index is 6.04. The quantitative estimate of drug-likeness (QED) is 0.138. The summed E-state index contributed by atoms with van der Waals surface area (Å²) in [5, 5.41) is 9.66. The number of fused-ring (bicyclic) bond motifs is 1. The van der Waals surface area contributed by atoms with Gasteiger partial charge in [-0.1, -0.05) is 14.0 Å². The van der Waals surface area contributed by atoms with Crippen molar-refractivity contribution >= 4 is 68.9 Å². The van der Waals surface area contributed by atoms with E-state index in [2.05, 4.69) is 133 Å². The molecular weight excluding hydrogens is 733 g/mol. The highest BCUT2D eigenvalue weighted by molar-refractivity contribution is 9.10. The lowest BCUT2D eigenvalue weighted by atomic mass is 9.98. The number of rotatable bonds is 10. The van der Waals surface area contributed by atoms with Gasteiger partial charge in [-0.25, -0.2) is 4.98 Å². The van der Waals surface area contributed by atoms with Crippen LogP contribution in [0, 0.1) is 0 Å². The van der Waals surface area contributed by atoms with E-state index in [1.54, 1.807) is 13.3 Å². The summed E-state index contributed by atoms with van der Waals surface area (Å²) in [5.74, 6) is 2.56. The first kappa shape index (κ1) is 35.3. The number of aromatic nitrogens is 4. The fourth-order valence-corrected chi connectivity index (χ4v) is 9.38. The van der Waals surface area contributed by atoms with Gasteiger partial charge in [0.1, 0.15) is 11.6 Å². The molecular formula is C40H49BrN9OP. The summed E-state index contributed by atoms with van der Waals surface area (Å²) in [7, 11) is 5.60. The molecule has 3 aromatic heterocycles. The Morgan fingerprint density at radius 1 is 0.865 bits per heavy atom. The van der Waals surface area contributed by atoms with E-state index in [0.29, 0.717) is 23.7 Å². The first-order valence-corrected chi connectivity index (χ1v) is 21.5. The van der Waals surface area contributed by atoms with Crippen LogP contribution in [-0.2, 0) is 7.05 Å². The van der Waals surface area contributed by atoms with Crippen LogP contribution < -0.4 is 25.6 Å². The number of likely N-dealkylation sites (N-methyl/N-ethyl adjacent to an activating group) is 1. The Morgan fingerprint density at radius 3 is 2.35 bits per heavy atom. The molecule has 2 aromatic carbocycles. The normalized spacial score (nSPS) is 17.6. The lowest BCUT2D eigenvalue weighted by molar-refractivity contribution is 0.0982. The minimum atomic E-state index is -0.430. The predicted octanol–water partition coefficient (Wildman–Crippen LogP) is 7.75. The van der Waals surface area contributed by atoms with Crippen LogP contribution in [0.1, 0.15) is 37.3 Å². The van der Waals surface area contributed by atoms with Crippen LogP contribution in [0.4, 0.5) is 28.8 Å². The van der Waals surface area contributed by atoms with E-state index in [4.69, 9.17) is 14.7 Å². The van der Waals surface area contributed by atoms with E-state index < -0.39 is 7.92 Å². The third kappa shape index (κ3) is 7.38. The van der Waals surface area contributed by atoms with E-state index in [-0.39, 0.29) is 0 Å². The summed E-state index contributed by atoms with van der Waals surface area (Å²) < 4.78 is 8.93. The summed E-state index contributed by atoms with van der Waals surface area (Å²) in [6.45, 7) is 11.3. The summed E-state index contributed by atoms with van der Waals surface area (Å²) in [5.41, 5.74) is 7.67. The first-order chi connectivity index (χ1) is 25.2. The number of hydrogen-bond donors (Lipinski definition) is 2. The number of hydrogen-bond acceptors (Lipinski definition) is 9. The molecule has 52 heavy (non-hydrogen) atoms. The molecule has 3 aliphatic rings. The average molecular weight is 783 g/mol. The van der Waals surface area contributed by atoms with Gasteiger partial charge >= 0.3 is 0 Å². The Bertz CT molecular complexity index is 2070. The second-order valence-corrected chi connectivity index (χ2v) is 17.9. The third-order valence-corrected chi connectivity index (χ3v) is 12.8. The van der Waals surface area contributed by atoms with E-state index in [1.807, 2.05) is 0 Å². The van der Waals surface area contributed by atoms with Crippen molar-refractivity contribution in [2.75, 3.05) is 82.3 Å². The Kier molecular flexibility index (Phi) is 10.1. The second-order valence-electron chi connectivity index (χ2n) is 14.8. The fraction of sp³-hybridized carbons (Fsp3) is 0.425. The standard InChI is InChI=1S/C40H49BrN9OP/c1-47-18-20-49(21-19-47)28-13-16-50(17-14-28)36-23-37(51-3)35(22-30(36)27-12-15-48(2)25-27)45-40-42-24-31(41)39(46-40)44-34-11-10-33-29(38(34)52(4)5)8-9-32(43-33)26-6-7-26/h8-12,15,22-26,28H,6-7,13-14,16-21H2,1-5H3,(H2,42,44,45,46). The molecule has 8 rings (SSSR count). The van der Waals surface area contributed by atoms with Crippen molar-refractivity contribution < 1.29 is 4.74 Å². The van der Waals surface area contributed by atoms with Gasteiger partial charge in [-0.2, -0.15) is 4.98 Å². The zero-order valence-corrected chi connectivity index (χ0v) is 33.3. The third-order valence-electron chi connectivity index (χ3n) is 10.9. The van der Waals surface area contributed by atoms with Gasteiger partial charge in [0.2, 0.25) is 5.95 Å². The van der Waals surface area contributed by atoms with Crippen LogP contribution in [0.3, 0.4) is 0 Å². The number of pyridine rings is 1. The van der Waals surface area contributed by atoms with E-state index in [0.717, 1.165) is 71.7 Å². The molecule has 0 bridgehead atoms. The number of piperazine rings is 1. The number of benzene rings is 2. The minimum Gasteiger partial charge on any atom is -0.494 e. The maximum Gasteiger partial charge on any atom is 0.229 e. The Labute approximate surface area is 316 Å². The van der Waals surface area contributed by atoms with Gasteiger partial charge in [0.05, 0.1) is 22.8 Å². The number of anilines is 5. The van der Waals surface area contributed by atoms with Crippen molar-refractivity contribution in [1.82, 2.24) is 29.3 Å². The smallest absolute Gasteiger partial charge is 0.229 e. The van der Waals surface area contributed by atoms with Crippen LogP contribution in [0.2, 0.25) is 0 Å². The molecule has 2 saturated heterocycles. The second kappa shape index (κ2) is 14.9. The molecule has 3 fully saturated rings. The van der Waals surface area contributed by atoms with Crippen LogP contribution in [-0.4, -0.2) is 102 Å². The lowest BCUT2D eigenvalue weighted by Gasteiger charge is -2.43. The topological polar surface area (TPSA) is 86.6 Å². The molecule has 0 spiro atoms. The molecule has 12 heteroatoms. The van der Waals surface area contributed by atoms with Gasteiger partial charge in [-0.15, -0.1) is 0 Å². The molecule has 0 amide bonds. The lowest BCUT2D eigenvalue weighted by Crippen LogP contribution is -2.52. The number of nitrogens with one attached hydrogen (secondary N) is 2. The Hall–Kier alpha value is -3.76. The first-order valence-electron chi connectivity index (χ1n) is 18.4. The molecule has 10 nitrogen and oxygen atoms in total. The summed E-state index contributed by atoms with van der Waals surface area (Å²) >= 11 is 3.72. The van der Waals surface area contributed by atoms with Gasteiger partial charge in [0.25, 0.3) is 0 Å². The summed E-state index contributed by atoms with van der Waals surface area (Å²) in [6.07, 6.45) is 10.9. The minimum absolute atomic E-state index is 0.430. The highest BCUT2D eigenvalue weighted by Gasteiger charge is 2.29. The monoisotopic (exact) mass is 781 g/mol. The molecule has 0 unspecified atom stereocenters. The Balaban J connectivity index is 1.07. The molecule has 1 saturated carbocycles. The van der Waals surface area contributed by atoms with Gasteiger partial charge in [0, 0.05) is 122 Å². The molecule has 2 aliphatic heterocycles. The molecule has 0 atom stereocenters. The zero-order chi connectivity index (χ0) is 35.9. The van der Waals surface area contributed by atoms with Crippen LogP contribution in [0.15, 0.2) is 65.5 Å². The highest BCUT2D eigenvalue weighted by atomic mass is 79.9. The van der Waals surface area contributed by atoms with Gasteiger partial charge in [0.15, 0.2) is 0 Å². The predicted molar refractivity (Wildman–Crippen MR) is 220 cm³/mol. The largest absolute Gasteiger partial charge is 0.494 e. The van der Waals surface area contributed by atoms with E-state index >= 15 is 0 Å². The molecule has 5 aromatic rings. The number of halogens is 1. The highest BCUT2D eigenvalue weighted by Crippen LogP contribution is 2.43. The molecule has 272 valence electrons. The average Bonchev–Trinajstić information content (AvgIpc) is 3.92. The Morgan fingerprint density at radius 2 is 1.65 bits per heavy atom. The number of ether oxygens (including phenoxy) is 1.